The van der Waals surface area contributed by atoms with Gasteiger partial charge in [-0.1, -0.05) is 19.9 Å². The fourth-order valence-corrected chi connectivity index (χ4v) is 2.81. The van der Waals surface area contributed by atoms with Crippen molar-refractivity contribution < 1.29 is 8.60 Å². The van der Waals surface area contributed by atoms with Crippen LogP contribution in [0.15, 0.2) is 35.5 Å². The average molecular weight is 281 g/mol. The molecular formula is C13H16FN3OS. The second kappa shape index (κ2) is 6.06. The van der Waals surface area contributed by atoms with E-state index in [1.165, 1.54) is 18.5 Å². The molecule has 0 aliphatic carbocycles. The third kappa shape index (κ3) is 3.70. The van der Waals surface area contributed by atoms with E-state index in [0.29, 0.717) is 16.6 Å². The average Bonchev–Trinajstić information content (AvgIpc) is 2.75. The fraction of sp³-hybridized carbons (Fsp3) is 0.385. The van der Waals surface area contributed by atoms with Crippen LogP contribution >= 0.6 is 0 Å². The maximum absolute atomic E-state index is 13.1. The molecule has 2 rings (SSSR count). The second-order valence-electron chi connectivity index (χ2n) is 4.70. The molecule has 19 heavy (non-hydrogen) atoms. The van der Waals surface area contributed by atoms with Gasteiger partial charge in [0, 0.05) is 11.4 Å². The van der Waals surface area contributed by atoms with Crippen molar-refractivity contribution in [2.75, 3.05) is 0 Å². The van der Waals surface area contributed by atoms with Crippen molar-refractivity contribution in [2.24, 2.45) is 5.92 Å². The third-order valence-corrected chi connectivity index (χ3v) is 3.85. The van der Waals surface area contributed by atoms with Gasteiger partial charge >= 0.3 is 0 Å². The number of benzene rings is 1. The van der Waals surface area contributed by atoms with Gasteiger partial charge in [-0.25, -0.2) is 14.1 Å². The minimum atomic E-state index is -1.31. The molecular weight excluding hydrogens is 265 g/mol. The van der Waals surface area contributed by atoms with E-state index < -0.39 is 10.8 Å². The van der Waals surface area contributed by atoms with E-state index in [-0.39, 0.29) is 11.6 Å². The lowest BCUT2D eigenvalue weighted by Crippen LogP contribution is -2.12. The molecule has 6 heteroatoms. The quantitative estimate of drug-likeness (QED) is 0.845. The zero-order valence-electron chi connectivity index (χ0n) is 10.9. The number of rotatable bonds is 5. The zero-order chi connectivity index (χ0) is 13.8. The second-order valence-corrected chi connectivity index (χ2v) is 6.15. The van der Waals surface area contributed by atoms with Gasteiger partial charge < -0.3 is 0 Å². The molecule has 1 aromatic heterocycles. The van der Waals surface area contributed by atoms with Crippen molar-refractivity contribution in [3.05, 3.63) is 42.2 Å². The molecule has 0 aliphatic rings. The van der Waals surface area contributed by atoms with Crippen LogP contribution in [0.5, 0.6) is 0 Å². The summed E-state index contributed by atoms with van der Waals surface area (Å²) in [5, 5.41) is 4.12. The minimum absolute atomic E-state index is 0.246. The number of hydrogen-bond acceptors (Lipinski definition) is 3. The van der Waals surface area contributed by atoms with Crippen LogP contribution in [0.2, 0.25) is 0 Å². The summed E-state index contributed by atoms with van der Waals surface area (Å²) in [5.74, 6) is 0.963. The van der Waals surface area contributed by atoms with Crippen molar-refractivity contribution in [1.29, 1.82) is 0 Å². The standard InChI is InChI=1S/C13H16FN3OS/c1-10(2)7-17-13(15-9-16-17)8-19(18)12-5-3-4-11(14)6-12/h3-6,9-10H,7-8H2,1-2H3. The Kier molecular flexibility index (Phi) is 4.42. The van der Waals surface area contributed by atoms with Crippen LogP contribution in [-0.2, 0) is 23.1 Å². The number of halogens is 1. The Labute approximate surface area is 114 Å². The van der Waals surface area contributed by atoms with Gasteiger partial charge in [0.2, 0.25) is 0 Å². The molecule has 0 fully saturated rings. The molecule has 0 amide bonds. The summed E-state index contributed by atoms with van der Waals surface area (Å²) in [4.78, 5) is 4.59. The highest BCUT2D eigenvalue weighted by atomic mass is 32.2. The van der Waals surface area contributed by atoms with Gasteiger partial charge in [0.1, 0.15) is 18.0 Å². The first-order valence-electron chi connectivity index (χ1n) is 6.07. The monoisotopic (exact) mass is 281 g/mol. The molecule has 1 aromatic carbocycles. The first kappa shape index (κ1) is 13.9. The van der Waals surface area contributed by atoms with E-state index in [1.54, 1.807) is 16.8 Å². The molecule has 1 unspecified atom stereocenters. The SMILES string of the molecule is CC(C)Cn1ncnc1CS(=O)c1cccc(F)c1. The van der Waals surface area contributed by atoms with Crippen molar-refractivity contribution in [3.63, 3.8) is 0 Å². The lowest BCUT2D eigenvalue weighted by molar-refractivity contribution is 0.471. The number of hydrogen-bond donors (Lipinski definition) is 0. The molecule has 0 saturated heterocycles. The normalized spacial score (nSPS) is 12.8. The van der Waals surface area contributed by atoms with E-state index in [0.717, 1.165) is 6.54 Å². The van der Waals surface area contributed by atoms with E-state index >= 15 is 0 Å². The lowest BCUT2D eigenvalue weighted by atomic mass is 10.2. The first-order valence-corrected chi connectivity index (χ1v) is 7.39. The summed E-state index contributed by atoms with van der Waals surface area (Å²) in [6.07, 6.45) is 1.46. The predicted molar refractivity (Wildman–Crippen MR) is 71.4 cm³/mol. The molecule has 1 atom stereocenters. The van der Waals surface area contributed by atoms with Gasteiger partial charge in [-0.3, -0.25) is 4.21 Å². The molecule has 0 radical (unpaired) electrons. The number of nitrogens with zero attached hydrogens (tertiary/aromatic N) is 3. The molecule has 0 saturated carbocycles. The number of aromatic nitrogens is 3. The zero-order valence-corrected chi connectivity index (χ0v) is 11.7. The Balaban J connectivity index is 2.13. The van der Waals surface area contributed by atoms with E-state index in [9.17, 15) is 8.60 Å². The van der Waals surface area contributed by atoms with Gasteiger partial charge in [0.25, 0.3) is 0 Å². The Morgan fingerprint density at radius 2 is 2.21 bits per heavy atom. The van der Waals surface area contributed by atoms with Gasteiger partial charge in [-0.05, 0) is 24.1 Å². The summed E-state index contributed by atoms with van der Waals surface area (Å²) in [6.45, 7) is 4.89. The summed E-state index contributed by atoms with van der Waals surface area (Å²) in [7, 11) is -1.31. The highest BCUT2D eigenvalue weighted by Gasteiger charge is 2.12. The van der Waals surface area contributed by atoms with Gasteiger partial charge in [0.05, 0.1) is 16.6 Å². The Hall–Kier alpha value is -1.56. The van der Waals surface area contributed by atoms with Crippen LogP contribution in [0.4, 0.5) is 4.39 Å². The van der Waals surface area contributed by atoms with Crippen LogP contribution in [0, 0.1) is 11.7 Å². The van der Waals surface area contributed by atoms with Gasteiger partial charge in [-0.2, -0.15) is 5.10 Å². The maximum Gasteiger partial charge on any atom is 0.139 e. The minimum Gasteiger partial charge on any atom is -0.254 e. The van der Waals surface area contributed by atoms with Crippen LogP contribution in [0.25, 0.3) is 0 Å². The van der Waals surface area contributed by atoms with Crippen LogP contribution in [0.3, 0.4) is 0 Å². The van der Waals surface area contributed by atoms with Crippen LogP contribution < -0.4 is 0 Å². The smallest absolute Gasteiger partial charge is 0.139 e. The molecule has 1 heterocycles. The summed E-state index contributed by atoms with van der Waals surface area (Å²) >= 11 is 0. The molecule has 0 spiro atoms. The summed E-state index contributed by atoms with van der Waals surface area (Å²) < 4.78 is 27.0. The van der Waals surface area contributed by atoms with E-state index in [4.69, 9.17) is 0 Å². The maximum atomic E-state index is 13.1. The summed E-state index contributed by atoms with van der Waals surface area (Å²) in [5.41, 5.74) is 0. The molecule has 0 N–H and O–H groups in total. The Morgan fingerprint density at radius 3 is 2.89 bits per heavy atom. The third-order valence-electron chi connectivity index (χ3n) is 2.55. The lowest BCUT2D eigenvalue weighted by Gasteiger charge is -2.08. The van der Waals surface area contributed by atoms with Crippen molar-refractivity contribution in [2.45, 2.75) is 31.0 Å². The Morgan fingerprint density at radius 1 is 1.42 bits per heavy atom. The fourth-order valence-electron chi connectivity index (χ4n) is 1.71. The molecule has 0 bridgehead atoms. The van der Waals surface area contributed by atoms with Crippen LogP contribution in [0.1, 0.15) is 19.7 Å². The van der Waals surface area contributed by atoms with Gasteiger partial charge in [0.15, 0.2) is 0 Å². The largest absolute Gasteiger partial charge is 0.254 e. The first-order chi connectivity index (χ1) is 9.06. The van der Waals surface area contributed by atoms with E-state index in [2.05, 4.69) is 23.9 Å². The molecule has 102 valence electrons. The highest BCUT2D eigenvalue weighted by molar-refractivity contribution is 7.84. The van der Waals surface area contributed by atoms with Gasteiger partial charge in [-0.15, -0.1) is 0 Å². The Bertz CT molecular complexity index is 583. The summed E-state index contributed by atoms with van der Waals surface area (Å²) in [6, 6.07) is 5.84. The highest BCUT2D eigenvalue weighted by Crippen LogP contribution is 2.13. The predicted octanol–water partition coefficient (Wildman–Crippen LogP) is 2.38. The van der Waals surface area contributed by atoms with Crippen LogP contribution in [-0.4, -0.2) is 19.0 Å². The van der Waals surface area contributed by atoms with Crippen molar-refractivity contribution >= 4 is 10.8 Å². The molecule has 0 aliphatic heterocycles. The van der Waals surface area contributed by atoms with E-state index in [1.807, 2.05) is 0 Å². The van der Waals surface area contributed by atoms with Crippen molar-refractivity contribution in [1.82, 2.24) is 14.8 Å². The topological polar surface area (TPSA) is 47.8 Å². The van der Waals surface area contributed by atoms with Crippen molar-refractivity contribution in [3.8, 4) is 0 Å². The molecule has 4 nitrogen and oxygen atoms in total. The molecule has 2 aromatic rings.